The van der Waals surface area contributed by atoms with E-state index in [2.05, 4.69) is 39.6 Å². The van der Waals surface area contributed by atoms with Gasteiger partial charge in [0.25, 0.3) is 5.91 Å². The molecule has 0 bridgehead atoms. The number of carbonyl (C=O) groups is 1. The average Bonchev–Trinajstić information content (AvgIpc) is 3.49. The number of likely N-dealkylation sites (tertiary alicyclic amines) is 1. The van der Waals surface area contributed by atoms with Gasteiger partial charge in [0.05, 0.1) is 15.7 Å². The van der Waals surface area contributed by atoms with Crippen molar-refractivity contribution in [2.24, 2.45) is 0 Å². The summed E-state index contributed by atoms with van der Waals surface area (Å²) in [4.78, 5) is 15.8. The third-order valence-corrected chi connectivity index (χ3v) is 6.99. The number of hydrogen-bond donors (Lipinski definition) is 1. The Kier molecular flexibility index (Phi) is 6.95. The molecule has 1 amide bonds. The molecule has 2 aromatic heterocycles. The summed E-state index contributed by atoms with van der Waals surface area (Å²) in [7, 11) is 0. The van der Waals surface area contributed by atoms with Crippen LogP contribution in [0.25, 0.3) is 17.1 Å². The van der Waals surface area contributed by atoms with Crippen molar-refractivity contribution in [3.05, 3.63) is 93.8 Å². The maximum atomic E-state index is 13.4. The van der Waals surface area contributed by atoms with Crippen molar-refractivity contribution < 1.29 is 9.21 Å². The fourth-order valence-electron chi connectivity index (χ4n) is 4.39. The Morgan fingerprint density at radius 3 is 2.49 bits per heavy atom. The van der Waals surface area contributed by atoms with Gasteiger partial charge >= 0.3 is 0 Å². The molecule has 0 unspecified atom stereocenters. The maximum Gasteiger partial charge on any atom is 0.270 e. The van der Waals surface area contributed by atoms with Crippen LogP contribution in [0.3, 0.4) is 0 Å². The Morgan fingerprint density at radius 2 is 1.80 bits per heavy atom. The maximum absolute atomic E-state index is 13.4. The molecule has 6 nitrogen and oxygen atoms in total. The fourth-order valence-corrected chi connectivity index (χ4v) is 4.68. The molecular formula is C27H26Cl2N4O2. The van der Waals surface area contributed by atoms with Crippen molar-refractivity contribution in [3.63, 3.8) is 0 Å². The highest BCUT2D eigenvalue weighted by molar-refractivity contribution is 6.42. The summed E-state index contributed by atoms with van der Waals surface area (Å²) >= 11 is 12.4. The highest BCUT2D eigenvalue weighted by Gasteiger charge is 2.25. The van der Waals surface area contributed by atoms with Gasteiger partial charge in [-0.15, -0.1) is 0 Å². The third kappa shape index (κ3) is 5.45. The van der Waals surface area contributed by atoms with Gasteiger partial charge in [-0.2, -0.15) is 5.10 Å². The minimum Gasteiger partial charge on any atom is -0.460 e. The van der Waals surface area contributed by atoms with Gasteiger partial charge in [-0.1, -0.05) is 53.5 Å². The predicted octanol–water partition coefficient (Wildman–Crippen LogP) is 6.14. The summed E-state index contributed by atoms with van der Waals surface area (Å²) in [6.07, 6.45) is 1.79. The smallest absolute Gasteiger partial charge is 0.270 e. The average molecular weight is 509 g/mol. The van der Waals surface area contributed by atoms with Crippen molar-refractivity contribution in [1.82, 2.24) is 20.0 Å². The molecular weight excluding hydrogens is 483 g/mol. The van der Waals surface area contributed by atoms with Crippen LogP contribution in [0.4, 0.5) is 0 Å². The fraction of sp³-hybridized carbons (Fsp3) is 0.259. The molecule has 0 aliphatic carbocycles. The highest BCUT2D eigenvalue weighted by Crippen LogP contribution is 2.28. The minimum absolute atomic E-state index is 0.0981. The molecule has 5 rings (SSSR count). The van der Waals surface area contributed by atoms with E-state index in [0.717, 1.165) is 38.2 Å². The molecule has 3 heterocycles. The first-order valence-corrected chi connectivity index (χ1v) is 12.4. The molecule has 1 saturated heterocycles. The second-order valence-electron chi connectivity index (χ2n) is 8.84. The van der Waals surface area contributed by atoms with Crippen molar-refractivity contribution in [1.29, 1.82) is 0 Å². The lowest BCUT2D eigenvalue weighted by Crippen LogP contribution is -2.44. The van der Waals surface area contributed by atoms with E-state index in [1.54, 1.807) is 28.9 Å². The van der Waals surface area contributed by atoms with Crippen LogP contribution in [0.2, 0.25) is 10.0 Å². The van der Waals surface area contributed by atoms with E-state index in [1.807, 2.05) is 25.1 Å². The second kappa shape index (κ2) is 10.3. The van der Waals surface area contributed by atoms with Crippen molar-refractivity contribution in [2.75, 3.05) is 13.1 Å². The Bertz CT molecular complexity index is 1320. The van der Waals surface area contributed by atoms with Gasteiger partial charge in [0.2, 0.25) is 0 Å². The van der Waals surface area contributed by atoms with Crippen LogP contribution in [0, 0.1) is 6.92 Å². The summed E-state index contributed by atoms with van der Waals surface area (Å²) in [5.41, 5.74) is 2.95. The lowest BCUT2D eigenvalue weighted by molar-refractivity contribution is 0.0901. The number of benzene rings is 2. The van der Waals surface area contributed by atoms with Crippen LogP contribution in [0.15, 0.2) is 71.1 Å². The Morgan fingerprint density at radius 1 is 1.03 bits per heavy atom. The number of furan rings is 1. The summed E-state index contributed by atoms with van der Waals surface area (Å²) in [5, 5.41) is 8.71. The topological polar surface area (TPSA) is 63.3 Å². The number of amides is 1. The Labute approximate surface area is 214 Å². The van der Waals surface area contributed by atoms with Crippen molar-refractivity contribution in [3.8, 4) is 17.1 Å². The molecule has 1 aliphatic rings. The van der Waals surface area contributed by atoms with E-state index in [1.165, 1.54) is 5.56 Å². The number of nitrogens with one attached hydrogen (secondary N) is 1. The van der Waals surface area contributed by atoms with Crippen molar-refractivity contribution in [2.45, 2.75) is 32.4 Å². The quantitative estimate of drug-likeness (QED) is 0.339. The van der Waals surface area contributed by atoms with E-state index < -0.39 is 0 Å². The number of piperidine rings is 1. The largest absolute Gasteiger partial charge is 0.460 e. The Hall–Kier alpha value is -3.06. The zero-order valence-electron chi connectivity index (χ0n) is 19.4. The molecule has 8 heteroatoms. The van der Waals surface area contributed by atoms with E-state index >= 15 is 0 Å². The molecule has 1 fully saturated rings. The first-order valence-electron chi connectivity index (χ1n) is 11.7. The van der Waals surface area contributed by atoms with E-state index in [4.69, 9.17) is 27.6 Å². The molecule has 0 atom stereocenters. The number of hydrogen-bond acceptors (Lipinski definition) is 4. The van der Waals surface area contributed by atoms with Gasteiger partial charge in [-0.25, -0.2) is 4.68 Å². The summed E-state index contributed by atoms with van der Waals surface area (Å²) in [6.45, 7) is 4.67. The zero-order chi connectivity index (χ0) is 24.4. The van der Waals surface area contributed by atoms with Gasteiger partial charge in [0.15, 0.2) is 5.76 Å². The molecule has 0 saturated carbocycles. The van der Waals surface area contributed by atoms with Crippen LogP contribution in [0.1, 0.15) is 34.7 Å². The second-order valence-corrected chi connectivity index (χ2v) is 9.66. The molecule has 1 aliphatic heterocycles. The zero-order valence-corrected chi connectivity index (χ0v) is 20.9. The minimum atomic E-state index is -0.181. The third-order valence-electron chi connectivity index (χ3n) is 6.25. The summed E-state index contributed by atoms with van der Waals surface area (Å²) in [6, 6.07) is 21.2. The van der Waals surface area contributed by atoms with Gasteiger partial charge in [0, 0.05) is 31.7 Å². The van der Waals surface area contributed by atoms with Crippen LogP contribution in [-0.2, 0) is 6.54 Å². The predicted molar refractivity (Wildman–Crippen MR) is 138 cm³/mol. The molecule has 1 N–H and O–H groups in total. The monoisotopic (exact) mass is 508 g/mol. The van der Waals surface area contributed by atoms with Crippen molar-refractivity contribution >= 4 is 29.1 Å². The van der Waals surface area contributed by atoms with Gasteiger partial charge in [-0.05, 0) is 55.7 Å². The molecule has 0 radical (unpaired) electrons. The van der Waals surface area contributed by atoms with E-state index in [9.17, 15) is 4.79 Å². The number of rotatable bonds is 6. The lowest BCUT2D eigenvalue weighted by Gasteiger charge is -2.32. The number of nitrogens with zero attached hydrogens (tertiary/aromatic N) is 3. The molecule has 35 heavy (non-hydrogen) atoms. The lowest BCUT2D eigenvalue weighted by atomic mass is 10.0. The van der Waals surface area contributed by atoms with Crippen LogP contribution >= 0.6 is 23.2 Å². The first-order chi connectivity index (χ1) is 17.0. The van der Waals surface area contributed by atoms with Crippen LogP contribution < -0.4 is 5.32 Å². The standard InChI is InChI=1S/C27H26Cl2N4O2/c1-18-7-10-26(35-18)24-16-25(33(31-24)21-8-9-22(28)23(29)15-21)27(34)30-20-11-13-32(14-12-20)17-19-5-3-2-4-6-19/h2-10,15-16,20H,11-14,17H2,1H3,(H,30,34). The van der Waals surface area contributed by atoms with E-state index in [-0.39, 0.29) is 11.9 Å². The Balaban J connectivity index is 1.33. The van der Waals surface area contributed by atoms with E-state index in [0.29, 0.717) is 32.9 Å². The highest BCUT2D eigenvalue weighted by atomic mass is 35.5. The number of aryl methyl sites for hydroxylation is 1. The number of carbonyl (C=O) groups excluding carboxylic acids is 1. The van der Waals surface area contributed by atoms with Crippen LogP contribution in [0.5, 0.6) is 0 Å². The van der Waals surface area contributed by atoms with Gasteiger partial charge in [0.1, 0.15) is 17.1 Å². The van der Waals surface area contributed by atoms with Gasteiger partial charge < -0.3 is 9.73 Å². The number of aromatic nitrogens is 2. The van der Waals surface area contributed by atoms with Gasteiger partial charge in [-0.3, -0.25) is 9.69 Å². The van der Waals surface area contributed by atoms with Crippen LogP contribution in [-0.4, -0.2) is 39.7 Å². The first kappa shape index (κ1) is 23.7. The molecule has 4 aromatic rings. The SMILES string of the molecule is Cc1ccc(-c2cc(C(=O)NC3CCN(Cc4ccccc4)CC3)n(-c3ccc(Cl)c(Cl)c3)n2)o1. The molecule has 2 aromatic carbocycles. The molecule has 0 spiro atoms. The normalized spacial score (nSPS) is 14.8. The summed E-state index contributed by atoms with van der Waals surface area (Å²) in [5.74, 6) is 1.20. The molecule has 180 valence electrons. The summed E-state index contributed by atoms with van der Waals surface area (Å²) < 4.78 is 7.34. The number of halogens is 2.